The Balaban J connectivity index is 2.14. The second-order valence-corrected chi connectivity index (χ2v) is 5.91. The topological polar surface area (TPSA) is 64.0 Å². The van der Waals surface area contributed by atoms with Crippen LogP contribution in [-0.2, 0) is 4.79 Å². The van der Waals surface area contributed by atoms with E-state index in [1.54, 1.807) is 10.6 Å². The number of halogens is 1. The standard InChI is InChI=1S/C14H14BrN3O2/c1-8-17-12-6-9(15)2-4-11(12)14(20)18(8)10-3-5-13(19)16-7-10/h2,4,6,10H,3,5,7H2,1H3,(H,16,19). The number of rotatable bonds is 1. The van der Waals surface area contributed by atoms with Crippen LogP contribution < -0.4 is 10.9 Å². The van der Waals surface area contributed by atoms with E-state index in [4.69, 9.17) is 0 Å². The molecular weight excluding hydrogens is 322 g/mol. The molecule has 1 aromatic carbocycles. The third kappa shape index (κ3) is 2.24. The summed E-state index contributed by atoms with van der Waals surface area (Å²) in [6.07, 6.45) is 1.13. The van der Waals surface area contributed by atoms with Gasteiger partial charge in [-0.3, -0.25) is 14.2 Å². The molecule has 1 aromatic heterocycles. The van der Waals surface area contributed by atoms with Crippen molar-refractivity contribution >= 4 is 32.7 Å². The summed E-state index contributed by atoms with van der Waals surface area (Å²) in [5, 5.41) is 3.42. The number of nitrogens with one attached hydrogen (secondary N) is 1. The lowest BCUT2D eigenvalue weighted by atomic mass is 10.1. The molecule has 2 aromatic rings. The molecule has 1 amide bonds. The van der Waals surface area contributed by atoms with E-state index in [1.165, 1.54) is 0 Å². The zero-order chi connectivity index (χ0) is 14.3. The molecule has 0 saturated carbocycles. The maximum atomic E-state index is 12.6. The minimum absolute atomic E-state index is 0.0132. The number of aromatic nitrogens is 2. The second-order valence-electron chi connectivity index (χ2n) is 4.99. The van der Waals surface area contributed by atoms with Crippen molar-refractivity contribution in [1.29, 1.82) is 0 Å². The molecule has 1 aliphatic rings. The molecule has 1 fully saturated rings. The average molecular weight is 336 g/mol. The second kappa shape index (κ2) is 5.01. The number of hydrogen-bond acceptors (Lipinski definition) is 3. The van der Waals surface area contributed by atoms with Gasteiger partial charge in [-0.1, -0.05) is 15.9 Å². The number of carbonyl (C=O) groups is 1. The van der Waals surface area contributed by atoms with Crippen LogP contribution in [0.4, 0.5) is 0 Å². The molecule has 1 aliphatic heterocycles. The minimum Gasteiger partial charge on any atom is -0.354 e. The minimum atomic E-state index is -0.0406. The van der Waals surface area contributed by atoms with Crippen molar-refractivity contribution < 1.29 is 4.79 Å². The van der Waals surface area contributed by atoms with E-state index in [0.29, 0.717) is 36.1 Å². The van der Waals surface area contributed by atoms with Crippen molar-refractivity contribution in [3.63, 3.8) is 0 Å². The quantitative estimate of drug-likeness (QED) is 0.865. The first kappa shape index (κ1) is 13.3. The van der Waals surface area contributed by atoms with Crippen LogP contribution in [0.5, 0.6) is 0 Å². The van der Waals surface area contributed by atoms with E-state index in [1.807, 2.05) is 19.1 Å². The number of amides is 1. The molecule has 2 heterocycles. The Morgan fingerprint density at radius 2 is 2.20 bits per heavy atom. The highest BCUT2D eigenvalue weighted by Gasteiger charge is 2.22. The highest BCUT2D eigenvalue weighted by atomic mass is 79.9. The van der Waals surface area contributed by atoms with E-state index in [-0.39, 0.29) is 17.5 Å². The van der Waals surface area contributed by atoms with E-state index >= 15 is 0 Å². The number of nitrogens with zero attached hydrogens (tertiary/aromatic N) is 2. The van der Waals surface area contributed by atoms with Crippen LogP contribution in [0.25, 0.3) is 10.9 Å². The van der Waals surface area contributed by atoms with E-state index < -0.39 is 0 Å². The molecule has 0 bridgehead atoms. The molecule has 20 heavy (non-hydrogen) atoms. The number of fused-ring (bicyclic) bond motifs is 1. The predicted molar refractivity (Wildman–Crippen MR) is 79.7 cm³/mol. The van der Waals surface area contributed by atoms with Gasteiger partial charge in [-0.25, -0.2) is 4.98 Å². The highest BCUT2D eigenvalue weighted by Crippen LogP contribution is 2.20. The van der Waals surface area contributed by atoms with Gasteiger partial charge in [0.05, 0.1) is 16.9 Å². The van der Waals surface area contributed by atoms with Gasteiger partial charge in [-0.15, -0.1) is 0 Å². The normalized spacial score (nSPS) is 19.1. The summed E-state index contributed by atoms with van der Waals surface area (Å²) in [7, 11) is 0. The SMILES string of the molecule is Cc1nc2cc(Br)ccc2c(=O)n1C1CCC(=O)NC1. The Labute approximate surface area is 124 Å². The van der Waals surface area contributed by atoms with E-state index in [0.717, 1.165) is 4.47 Å². The zero-order valence-corrected chi connectivity index (χ0v) is 12.6. The monoisotopic (exact) mass is 335 g/mol. The summed E-state index contributed by atoms with van der Waals surface area (Å²) in [6.45, 7) is 2.32. The lowest BCUT2D eigenvalue weighted by Crippen LogP contribution is -2.40. The zero-order valence-electron chi connectivity index (χ0n) is 11.0. The van der Waals surface area contributed by atoms with Crippen LogP contribution >= 0.6 is 15.9 Å². The molecular formula is C14H14BrN3O2. The molecule has 1 unspecified atom stereocenters. The molecule has 104 valence electrons. The summed E-state index contributed by atoms with van der Waals surface area (Å²) >= 11 is 3.39. The lowest BCUT2D eigenvalue weighted by Gasteiger charge is -2.26. The molecule has 5 nitrogen and oxygen atoms in total. The van der Waals surface area contributed by atoms with Gasteiger partial charge in [0.1, 0.15) is 5.82 Å². The Bertz CT molecular complexity index is 744. The molecule has 3 rings (SSSR count). The maximum Gasteiger partial charge on any atom is 0.261 e. The smallest absolute Gasteiger partial charge is 0.261 e. The fourth-order valence-corrected chi connectivity index (χ4v) is 3.00. The Morgan fingerprint density at radius 1 is 1.40 bits per heavy atom. The average Bonchev–Trinajstić information content (AvgIpc) is 2.40. The molecule has 0 radical (unpaired) electrons. The lowest BCUT2D eigenvalue weighted by molar-refractivity contribution is -0.122. The van der Waals surface area contributed by atoms with Gasteiger partial charge in [-0.2, -0.15) is 0 Å². The third-order valence-corrected chi connectivity index (χ3v) is 4.14. The first-order valence-corrected chi connectivity index (χ1v) is 7.30. The molecule has 0 spiro atoms. The number of hydrogen-bond donors (Lipinski definition) is 1. The summed E-state index contributed by atoms with van der Waals surface area (Å²) in [5.74, 6) is 0.728. The molecule has 0 aliphatic carbocycles. The van der Waals surface area contributed by atoms with Gasteiger partial charge >= 0.3 is 0 Å². The molecule has 1 atom stereocenters. The summed E-state index contributed by atoms with van der Waals surface area (Å²) < 4.78 is 2.61. The van der Waals surface area contributed by atoms with Gasteiger partial charge in [-0.05, 0) is 31.5 Å². The summed E-state index contributed by atoms with van der Waals surface area (Å²) in [6, 6.07) is 5.46. The van der Waals surface area contributed by atoms with Gasteiger partial charge in [0, 0.05) is 17.4 Å². The number of carbonyl (C=O) groups excluding carboxylic acids is 1. The first-order valence-electron chi connectivity index (χ1n) is 6.51. The summed E-state index contributed by atoms with van der Waals surface area (Å²) in [5.41, 5.74) is 0.652. The van der Waals surface area contributed by atoms with Crippen molar-refractivity contribution in [3.8, 4) is 0 Å². The fraction of sp³-hybridized carbons (Fsp3) is 0.357. The Hall–Kier alpha value is -1.69. The predicted octanol–water partition coefficient (Wildman–Crippen LogP) is 1.92. The van der Waals surface area contributed by atoms with Gasteiger partial charge < -0.3 is 5.32 Å². The summed E-state index contributed by atoms with van der Waals surface area (Å²) in [4.78, 5) is 28.4. The van der Waals surface area contributed by atoms with Crippen LogP contribution in [0.15, 0.2) is 27.5 Å². The number of benzene rings is 1. The number of aryl methyl sites for hydroxylation is 1. The van der Waals surface area contributed by atoms with Crippen LogP contribution in [-0.4, -0.2) is 22.0 Å². The number of piperidine rings is 1. The van der Waals surface area contributed by atoms with Crippen LogP contribution in [0.3, 0.4) is 0 Å². The van der Waals surface area contributed by atoms with Gasteiger partial charge in [0.2, 0.25) is 5.91 Å². The third-order valence-electron chi connectivity index (χ3n) is 3.64. The Kier molecular flexibility index (Phi) is 3.33. The van der Waals surface area contributed by atoms with Crippen molar-refractivity contribution in [2.75, 3.05) is 6.54 Å². The molecule has 6 heteroatoms. The largest absolute Gasteiger partial charge is 0.354 e. The first-order chi connectivity index (χ1) is 9.56. The van der Waals surface area contributed by atoms with Gasteiger partial charge in [0.25, 0.3) is 5.56 Å². The molecule has 1 N–H and O–H groups in total. The highest BCUT2D eigenvalue weighted by molar-refractivity contribution is 9.10. The van der Waals surface area contributed by atoms with Gasteiger partial charge in [0.15, 0.2) is 0 Å². The van der Waals surface area contributed by atoms with Crippen molar-refractivity contribution in [2.24, 2.45) is 0 Å². The Morgan fingerprint density at radius 3 is 2.90 bits per heavy atom. The van der Waals surface area contributed by atoms with E-state index in [2.05, 4.69) is 26.2 Å². The molecule has 1 saturated heterocycles. The fourth-order valence-electron chi connectivity index (χ4n) is 2.65. The maximum absolute atomic E-state index is 12.6. The van der Waals surface area contributed by atoms with E-state index in [9.17, 15) is 9.59 Å². The van der Waals surface area contributed by atoms with Crippen LogP contribution in [0.1, 0.15) is 24.7 Å². The van der Waals surface area contributed by atoms with Crippen molar-refractivity contribution in [2.45, 2.75) is 25.8 Å². The van der Waals surface area contributed by atoms with Crippen LogP contribution in [0, 0.1) is 6.92 Å². The van der Waals surface area contributed by atoms with Crippen LogP contribution in [0.2, 0.25) is 0 Å². The van der Waals surface area contributed by atoms with Crippen molar-refractivity contribution in [3.05, 3.63) is 38.9 Å². The van der Waals surface area contributed by atoms with Crippen molar-refractivity contribution in [1.82, 2.24) is 14.9 Å².